The van der Waals surface area contributed by atoms with E-state index in [1.807, 2.05) is 13.8 Å². The number of sulfonamides is 1. The molecular weight excluding hydrogens is 433 g/mol. The normalized spacial score (nSPS) is 11.1. The van der Waals surface area contributed by atoms with Gasteiger partial charge in [0.25, 0.3) is 21.8 Å². The molecule has 0 aliphatic heterocycles. The Morgan fingerprint density at radius 2 is 1.53 bits per heavy atom. The van der Waals surface area contributed by atoms with Crippen molar-refractivity contribution >= 4 is 33.2 Å². The van der Waals surface area contributed by atoms with E-state index in [0.29, 0.717) is 11.3 Å². The number of halogens is 1. The Balaban J connectivity index is 1.74. The van der Waals surface area contributed by atoms with Gasteiger partial charge in [0.1, 0.15) is 5.82 Å². The summed E-state index contributed by atoms with van der Waals surface area (Å²) in [6.45, 7) is 3.71. The van der Waals surface area contributed by atoms with Gasteiger partial charge in [0.15, 0.2) is 0 Å². The van der Waals surface area contributed by atoms with Crippen LogP contribution in [0.5, 0.6) is 0 Å². The van der Waals surface area contributed by atoms with E-state index < -0.39 is 21.7 Å². The molecule has 2 amide bonds. The van der Waals surface area contributed by atoms with Crippen LogP contribution in [0.3, 0.4) is 0 Å². The van der Waals surface area contributed by atoms with E-state index in [9.17, 15) is 22.4 Å². The van der Waals surface area contributed by atoms with Gasteiger partial charge in [-0.15, -0.1) is 0 Å². The van der Waals surface area contributed by atoms with Crippen LogP contribution >= 0.6 is 0 Å². The van der Waals surface area contributed by atoms with Crippen molar-refractivity contribution in [3.8, 4) is 0 Å². The van der Waals surface area contributed by atoms with E-state index >= 15 is 0 Å². The van der Waals surface area contributed by atoms with E-state index in [2.05, 4.69) is 15.4 Å². The summed E-state index contributed by atoms with van der Waals surface area (Å²) in [7, 11) is -4.10. The quantitative estimate of drug-likeness (QED) is 0.501. The molecule has 7 nitrogen and oxygen atoms in total. The molecule has 0 atom stereocenters. The van der Waals surface area contributed by atoms with Crippen LogP contribution in [0.25, 0.3) is 0 Å². The molecular formula is C23H22FN3O4S. The summed E-state index contributed by atoms with van der Waals surface area (Å²) in [4.78, 5) is 24.4. The van der Waals surface area contributed by atoms with E-state index in [1.165, 1.54) is 42.5 Å². The van der Waals surface area contributed by atoms with Crippen molar-refractivity contribution < 1.29 is 22.4 Å². The molecule has 0 radical (unpaired) electrons. The molecule has 0 aliphatic rings. The Hall–Kier alpha value is -3.72. The third-order valence-corrected chi connectivity index (χ3v) is 5.71. The van der Waals surface area contributed by atoms with Crippen molar-refractivity contribution in [3.05, 3.63) is 89.7 Å². The molecule has 3 rings (SSSR count). The topological polar surface area (TPSA) is 104 Å². The monoisotopic (exact) mass is 455 g/mol. The van der Waals surface area contributed by atoms with Crippen molar-refractivity contribution in [2.24, 2.45) is 0 Å². The van der Waals surface area contributed by atoms with Crippen molar-refractivity contribution in [3.63, 3.8) is 0 Å². The van der Waals surface area contributed by atoms with E-state index in [0.717, 1.165) is 6.07 Å². The number of carbonyl (C=O) groups excluding carboxylic acids is 2. The zero-order valence-electron chi connectivity index (χ0n) is 17.4. The molecule has 0 heterocycles. The summed E-state index contributed by atoms with van der Waals surface area (Å²) >= 11 is 0. The average Bonchev–Trinajstić information content (AvgIpc) is 2.75. The van der Waals surface area contributed by atoms with Crippen LogP contribution in [-0.4, -0.2) is 26.3 Å². The van der Waals surface area contributed by atoms with E-state index in [1.54, 1.807) is 24.3 Å². The number of anilines is 2. The smallest absolute Gasteiger partial charge is 0.262 e. The van der Waals surface area contributed by atoms with Gasteiger partial charge in [-0.3, -0.25) is 14.3 Å². The Bertz CT molecular complexity index is 1240. The Kier molecular flexibility index (Phi) is 6.89. The third kappa shape index (κ3) is 5.70. The maximum absolute atomic E-state index is 13.8. The van der Waals surface area contributed by atoms with Crippen LogP contribution in [0.1, 0.15) is 34.6 Å². The van der Waals surface area contributed by atoms with Gasteiger partial charge in [-0.25, -0.2) is 12.8 Å². The number of carbonyl (C=O) groups is 2. The molecule has 3 N–H and O–H groups in total. The van der Waals surface area contributed by atoms with Gasteiger partial charge in [0, 0.05) is 22.9 Å². The molecule has 32 heavy (non-hydrogen) atoms. The molecule has 0 saturated carbocycles. The van der Waals surface area contributed by atoms with Crippen molar-refractivity contribution in [1.29, 1.82) is 0 Å². The molecule has 0 saturated heterocycles. The van der Waals surface area contributed by atoms with Gasteiger partial charge in [0.2, 0.25) is 0 Å². The van der Waals surface area contributed by atoms with Gasteiger partial charge >= 0.3 is 0 Å². The Labute approximate surface area is 185 Å². The van der Waals surface area contributed by atoms with E-state index in [4.69, 9.17) is 0 Å². The highest BCUT2D eigenvalue weighted by atomic mass is 32.2. The SMILES string of the molecule is CC(C)NC(=O)c1ccc(NC(=O)c2cccc(S(=O)(=O)Nc3ccccc3F)c2)cc1. The second-order valence-electron chi connectivity index (χ2n) is 7.27. The number of amides is 2. The van der Waals surface area contributed by atoms with Gasteiger partial charge in [-0.2, -0.15) is 0 Å². The highest BCUT2D eigenvalue weighted by molar-refractivity contribution is 7.92. The lowest BCUT2D eigenvalue weighted by Crippen LogP contribution is -2.30. The fourth-order valence-electron chi connectivity index (χ4n) is 2.81. The predicted octanol–water partition coefficient (Wildman–Crippen LogP) is 4.02. The number of nitrogens with one attached hydrogen (secondary N) is 3. The van der Waals surface area contributed by atoms with Crippen molar-refractivity contribution in [1.82, 2.24) is 5.32 Å². The highest BCUT2D eigenvalue weighted by Crippen LogP contribution is 2.20. The lowest BCUT2D eigenvalue weighted by atomic mass is 10.1. The average molecular weight is 456 g/mol. The van der Waals surface area contributed by atoms with Crippen LogP contribution in [0.15, 0.2) is 77.7 Å². The number of hydrogen-bond acceptors (Lipinski definition) is 4. The minimum atomic E-state index is -4.10. The van der Waals surface area contributed by atoms with Gasteiger partial charge in [-0.05, 0) is 68.4 Å². The minimum Gasteiger partial charge on any atom is -0.350 e. The van der Waals surface area contributed by atoms with Gasteiger partial charge < -0.3 is 10.6 Å². The zero-order valence-corrected chi connectivity index (χ0v) is 18.2. The lowest BCUT2D eigenvalue weighted by molar-refractivity contribution is 0.0942. The number of para-hydroxylation sites is 1. The highest BCUT2D eigenvalue weighted by Gasteiger charge is 2.18. The van der Waals surface area contributed by atoms with E-state index in [-0.39, 0.29) is 28.1 Å². The summed E-state index contributed by atoms with van der Waals surface area (Å²) in [5.74, 6) is -1.47. The molecule has 0 fully saturated rings. The van der Waals surface area contributed by atoms with Gasteiger partial charge in [0.05, 0.1) is 10.6 Å². The van der Waals surface area contributed by atoms with Crippen LogP contribution in [0.4, 0.5) is 15.8 Å². The number of hydrogen-bond donors (Lipinski definition) is 3. The van der Waals surface area contributed by atoms with Crippen LogP contribution in [0, 0.1) is 5.82 Å². The second kappa shape index (κ2) is 9.61. The Morgan fingerprint density at radius 3 is 2.19 bits per heavy atom. The number of benzene rings is 3. The molecule has 3 aromatic rings. The summed E-state index contributed by atoms with van der Waals surface area (Å²) in [6, 6.07) is 17.1. The van der Waals surface area contributed by atoms with Crippen LogP contribution < -0.4 is 15.4 Å². The summed E-state index contributed by atoms with van der Waals surface area (Å²) < 4.78 is 41.2. The fraction of sp³-hybridized carbons (Fsp3) is 0.130. The molecule has 9 heteroatoms. The second-order valence-corrected chi connectivity index (χ2v) is 8.96. The first-order valence-electron chi connectivity index (χ1n) is 9.75. The molecule has 0 unspecified atom stereocenters. The fourth-order valence-corrected chi connectivity index (χ4v) is 3.92. The first-order chi connectivity index (χ1) is 15.2. The molecule has 0 bridgehead atoms. The first kappa shape index (κ1) is 23.0. The molecule has 0 aromatic heterocycles. The lowest BCUT2D eigenvalue weighted by Gasteiger charge is -2.11. The molecule has 3 aromatic carbocycles. The standard InChI is InChI=1S/C23H22FN3O4S/c1-15(2)25-22(28)16-10-12-18(13-11-16)26-23(29)17-6-5-7-19(14-17)32(30,31)27-21-9-4-3-8-20(21)24/h3-15,27H,1-2H3,(H,25,28)(H,26,29). The summed E-state index contributed by atoms with van der Waals surface area (Å²) in [5.41, 5.74) is 0.796. The van der Waals surface area contributed by atoms with Crippen molar-refractivity contribution in [2.75, 3.05) is 10.0 Å². The van der Waals surface area contributed by atoms with Crippen molar-refractivity contribution in [2.45, 2.75) is 24.8 Å². The van der Waals surface area contributed by atoms with Gasteiger partial charge in [-0.1, -0.05) is 18.2 Å². The maximum atomic E-state index is 13.8. The zero-order chi connectivity index (χ0) is 23.3. The molecule has 166 valence electrons. The van der Waals surface area contributed by atoms with Crippen LogP contribution in [-0.2, 0) is 10.0 Å². The Morgan fingerprint density at radius 1 is 0.844 bits per heavy atom. The first-order valence-corrected chi connectivity index (χ1v) is 11.2. The molecule has 0 aliphatic carbocycles. The largest absolute Gasteiger partial charge is 0.350 e. The summed E-state index contributed by atoms with van der Waals surface area (Å²) in [6.07, 6.45) is 0. The summed E-state index contributed by atoms with van der Waals surface area (Å²) in [5, 5.41) is 5.43. The number of rotatable bonds is 7. The predicted molar refractivity (Wildman–Crippen MR) is 121 cm³/mol. The third-order valence-electron chi connectivity index (χ3n) is 4.35. The maximum Gasteiger partial charge on any atom is 0.262 e. The van der Waals surface area contributed by atoms with Crippen LogP contribution in [0.2, 0.25) is 0 Å². The molecule has 0 spiro atoms. The minimum absolute atomic E-state index is 0.00157.